The lowest BCUT2D eigenvalue weighted by molar-refractivity contribution is 0.114. The Morgan fingerprint density at radius 3 is 2.56 bits per heavy atom. The summed E-state index contributed by atoms with van der Waals surface area (Å²) in [6.45, 7) is 5.84. The summed E-state index contributed by atoms with van der Waals surface area (Å²) in [6.07, 6.45) is 4.38. The van der Waals surface area contributed by atoms with E-state index in [1.807, 2.05) is 24.4 Å². The van der Waals surface area contributed by atoms with Crippen molar-refractivity contribution in [2.45, 2.75) is 25.5 Å². The molecular formula is C23H32FIN6O. The molecule has 1 atom stereocenters. The fraction of sp³-hybridized carbons (Fsp3) is 0.478. The molecule has 0 saturated carbocycles. The molecule has 0 amide bonds. The normalized spacial score (nSPS) is 18.9. The van der Waals surface area contributed by atoms with Crippen molar-refractivity contribution in [1.29, 1.82) is 0 Å². The lowest BCUT2D eigenvalue weighted by Gasteiger charge is -2.36. The van der Waals surface area contributed by atoms with E-state index in [0.717, 1.165) is 75.2 Å². The Morgan fingerprint density at radius 1 is 1.12 bits per heavy atom. The minimum absolute atomic E-state index is 0. The van der Waals surface area contributed by atoms with Crippen molar-refractivity contribution in [3.63, 3.8) is 0 Å². The summed E-state index contributed by atoms with van der Waals surface area (Å²) in [6, 6.07) is 10.9. The molecule has 9 heteroatoms. The highest BCUT2D eigenvalue weighted by Crippen LogP contribution is 2.20. The van der Waals surface area contributed by atoms with Crippen molar-refractivity contribution >= 4 is 41.4 Å². The van der Waals surface area contributed by atoms with Crippen LogP contribution >= 0.6 is 24.0 Å². The van der Waals surface area contributed by atoms with Gasteiger partial charge in [0.2, 0.25) is 0 Å². The molecule has 0 aliphatic carbocycles. The standard InChI is InChI=1S/C23H31FN6O.HI/c1-25-23(28-17-21-3-2-14-31-21)27-16-18-8-9-26-22(15-18)30-12-10-29(11-13-30)20-6-4-19(24)5-7-20;/h4-9,15,21H,2-3,10-14,16-17H2,1H3,(H2,25,27,28);1H. The summed E-state index contributed by atoms with van der Waals surface area (Å²) in [5.74, 6) is 1.57. The number of rotatable bonds is 6. The van der Waals surface area contributed by atoms with Gasteiger partial charge in [0.25, 0.3) is 0 Å². The highest BCUT2D eigenvalue weighted by Gasteiger charge is 2.19. The molecule has 1 aromatic carbocycles. The molecule has 2 saturated heterocycles. The molecular weight excluding hydrogens is 522 g/mol. The molecule has 2 N–H and O–H groups in total. The second-order valence-electron chi connectivity index (χ2n) is 7.91. The van der Waals surface area contributed by atoms with Crippen molar-refractivity contribution in [2.75, 3.05) is 56.2 Å². The molecule has 1 aromatic heterocycles. The maximum Gasteiger partial charge on any atom is 0.191 e. The molecule has 4 rings (SSSR count). The first kappa shape index (κ1) is 24.5. The lowest BCUT2D eigenvalue weighted by Crippen LogP contribution is -2.46. The Morgan fingerprint density at radius 2 is 1.88 bits per heavy atom. The molecule has 1 unspecified atom stereocenters. The molecule has 2 aromatic rings. The van der Waals surface area contributed by atoms with Gasteiger partial charge in [0.05, 0.1) is 6.10 Å². The topological polar surface area (TPSA) is 65.0 Å². The molecule has 0 bridgehead atoms. The Kier molecular flexibility index (Phi) is 9.34. The van der Waals surface area contributed by atoms with Gasteiger partial charge in [-0.3, -0.25) is 4.99 Å². The molecule has 2 fully saturated rings. The number of guanidine groups is 1. The molecule has 2 aliphatic rings. The van der Waals surface area contributed by atoms with Gasteiger partial charge in [-0.2, -0.15) is 0 Å². The number of benzene rings is 1. The van der Waals surface area contributed by atoms with E-state index in [0.29, 0.717) is 6.54 Å². The van der Waals surface area contributed by atoms with Crippen molar-refractivity contribution in [2.24, 2.45) is 4.99 Å². The predicted molar refractivity (Wildman–Crippen MR) is 138 cm³/mol. The second-order valence-corrected chi connectivity index (χ2v) is 7.91. The third-order valence-corrected chi connectivity index (χ3v) is 5.81. The molecule has 32 heavy (non-hydrogen) atoms. The third-order valence-electron chi connectivity index (χ3n) is 5.81. The number of hydrogen-bond acceptors (Lipinski definition) is 5. The first-order valence-electron chi connectivity index (χ1n) is 11.0. The van der Waals surface area contributed by atoms with Crippen LogP contribution in [0.15, 0.2) is 47.6 Å². The van der Waals surface area contributed by atoms with Crippen LogP contribution in [0.2, 0.25) is 0 Å². The average Bonchev–Trinajstić information content (AvgIpc) is 3.34. The quantitative estimate of drug-likeness (QED) is 0.326. The Hall–Kier alpha value is -2.14. The summed E-state index contributed by atoms with van der Waals surface area (Å²) in [5, 5.41) is 6.71. The van der Waals surface area contributed by atoms with Crippen LogP contribution in [-0.2, 0) is 11.3 Å². The van der Waals surface area contributed by atoms with Gasteiger partial charge in [-0.1, -0.05) is 0 Å². The van der Waals surface area contributed by atoms with Crippen LogP contribution in [0.5, 0.6) is 0 Å². The van der Waals surface area contributed by atoms with Crippen LogP contribution in [0.1, 0.15) is 18.4 Å². The summed E-state index contributed by atoms with van der Waals surface area (Å²) < 4.78 is 18.8. The van der Waals surface area contributed by atoms with Crippen molar-refractivity contribution in [3.8, 4) is 0 Å². The van der Waals surface area contributed by atoms with Crippen LogP contribution < -0.4 is 20.4 Å². The van der Waals surface area contributed by atoms with Crippen LogP contribution in [0.4, 0.5) is 15.9 Å². The van der Waals surface area contributed by atoms with Gasteiger partial charge in [0, 0.05) is 64.8 Å². The van der Waals surface area contributed by atoms with Crippen molar-refractivity contribution in [3.05, 3.63) is 54.0 Å². The summed E-state index contributed by atoms with van der Waals surface area (Å²) in [4.78, 5) is 13.5. The molecule has 174 valence electrons. The fourth-order valence-corrected chi connectivity index (χ4v) is 4.01. The van der Waals surface area contributed by atoms with Gasteiger partial charge in [0.15, 0.2) is 5.96 Å². The van der Waals surface area contributed by atoms with Crippen molar-refractivity contribution < 1.29 is 9.13 Å². The number of aliphatic imine (C=N–C) groups is 1. The molecule has 3 heterocycles. The summed E-state index contributed by atoms with van der Waals surface area (Å²) >= 11 is 0. The first-order chi connectivity index (χ1) is 15.2. The van der Waals surface area contributed by atoms with Gasteiger partial charge in [-0.25, -0.2) is 9.37 Å². The SMILES string of the molecule is CN=C(NCc1ccnc(N2CCN(c3ccc(F)cc3)CC2)c1)NCC1CCCO1.I. The van der Waals surface area contributed by atoms with Crippen LogP contribution in [-0.4, -0.2) is 63.4 Å². The number of ether oxygens (including phenoxy) is 1. The van der Waals surface area contributed by atoms with Gasteiger partial charge in [-0.15, -0.1) is 24.0 Å². The maximum absolute atomic E-state index is 13.2. The monoisotopic (exact) mass is 554 g/mol. The van der Waals surface area contributed by atoms with Gasteiger partial charge in [0.1, 0.15) is 11.6 Å². The third kappa shape index (κ3) is 6.68. The lowest BCUT2D eigenvalue weighted by atomic mass is 10.2. The average molecular weight is 554 g/mol. The van der Waals surface area contributed by atoms with Crippen LogP contribution in [0.25, 0.3) is 0 Å². The highest BCUT2D eigenvalue weighted by atomic mass is 127. The largest absolute Gasteiger partial charge is 0.376 e. The van der Waals surface area contributed by atoms with E-state index in [9.17, 15) is 4.39 Å². The Labute approximate surface area is 206 Å². The van der Waals surface area contributed by atoms with E-state index in [1.54, 1.807) is 7.05 Å². The van der Waals surface area contributed by atoms with Gasteiger partial charge >= 0.3 is 0 Å². The van der Waals surface area contributed by atoms with Crippen molar-refractivity contribution in [1.82, 2.24) is 15.6 Å². The molecule has 0 spiro atoms. The van der Waals surface area contributed by atoms with E-state index in [-0.39, 0.29) is 35.9 Å². The molecule has 7 nitrogen and oxygen atoms in total. The van der Waals surface area contributed by atoms with Crippen LogP contribution in [0.3, 0.4) is 0 Å². The number of anilines is 2. The number of nitrogens with one attached hydrogen (secondary N) is 2. The zero-order chi connectivity index (χ0) is 21.5. The zero-order valence-corrected chi connectivity index (χ0v) is 20.8. The second kappa shape index (κ2) is 12.2. The van der Waals surface area contributed by atoms with Gasteiger partial charge in [-0.05, 0) is 54.8 Å². The minimum atomic E-state index is -0.199. The maximum atomic E-state index is 13.2. The van der Waals surface area contributed by atoms with E-state index >= 15 is 0 Å². The summed E-state index contributed by atoms with van der Waals surface area (Å²) in [5.41, 5.74) is 2.22. The van der Waals surface area contributed by atoms with Crippen LogP contribution in [0, 0.1) is 5.82 Å². The number of nitrogens with zero attached hydrogens (tertiary/aromatic N) is 4. The zero-order valence-electron chi connectivity index (χ0n) is 18.5. The number of pyridine rings is 1. The number of aromatic nitrogens is 1. The van der Waals surface area contributed by atoms with E-state index in [4.69, 9.17) is 4.74 Å². The smallest absolute Gasteiger partial charge is 0.191 e. The number of halogens is 2. The summed E-state index contributed by atoms with van der Waals surface area (Å²) in [7, 11) is 1.78. The van der Waals surface area contributed by atoms with E-state index < -0.39 is 0 Å². The highest BCUT2D eigenvalue weighted by molar-refractivity contribution is 14.0. The Bertz CT molecular complexity index is 867. The fourth-order valence-electron chi connectivity index (χ4n) is 4.01. The number of piperazine rings is 1. The van der Waals surface area contributed by atoms with E-state index in [2.05, 4.69) is 36.5 Å². The molecule has 2 aliphatic heterocycles. The Balaban J connectivity index is 0.00000289. The number of hydrogen-bond donors (Lipinski definition) is 2. The predicted octanol–water partition coefficient (Wildman–Crippen LogP) is 3.01. The van der Waals surface area contributed by atoms with Gasteiger partial charge < -0.3 is 25.2 Å². The minimum Gasteiger partial charge on any atom is -0.376 e. The molecule has 0 radical (unpaired) electrons. The first-order valence-corrected chi connectivity index (χ1v) is 11.0. The van der Waals surface area contributed by atoms with E-state index in [1.165, 1.54) is 12.1 Å².